The van der Waals surface area contributed by atoms with Crippen LogP contribution in [0.2, 0.25) is 0 Å². The summed E-state index contributed by atoms with van der Waals surface area (Å²) >= 11 is 0. The summed E-state index contributed by atoms with van der Waals surface area (Å²) in [7, 11) is 4.53. The Morgan fingerprint density at radius 2 is 1.90 bits per heavy atom. The van der Waals surface area contributed by atoms with E-state index in [4.69, 9.17) is 19.2 Å². The molecule has 224 valence electrons. The molecule has 3 aromatic heterocycles. The summed E-state index contributed by atoms with van der Waals surface area (Å²) < 4.78 is 33.8. The lowest BCUT2D eigenvalue weighted by Gasteiger charge is -2.21. The molecule has 0 aliphatic carbocycles. The SMILES string of the molecule is CCc1c(OC)ccc(F)c1CNc1ncc(-c2cc(C(=O)OC)nn2C)c2nc(C(C)NC(=O)OC(C)(C)C)cn12. The Kier molecular flexibility index (Phi) is 8.69. The number of nitrogens with zero attached hydrogens (tertiary/aromatic N) is 5. The molecule has 4 rings (SSSR count). The second kappa shape index (κ2) is 12.0. The van der Waals surface area contributed by atoms with Crippen molar-refractivity contribution in [2.24, 2.45) is 7.05 Å². The number of fused-ring (bicyclic) bond motifs is 1. The molecule has 0 saturated carbocycles. The minimum absolute atomic E-state index is 0.127. The zero-order chi connectivity index (χ0) is 30.8. The van der Waals surface area contributed by atoms with Gasteiger partial charge in [0.05, 0.1) is 37.2 Å². The predicted molar refractivity (Wildman–Crippen MR) is 154 cm³/mol. The summed E-state index contributed by atoms with van der Waals surface area (Å²) in [6, 6.07) is 4.05. The van der Waals surface area contributed by atoms with Crippen LogP contribution in [0.3, 0.4) is 0 Å². The number of amides is 1. The minimum Gasteiger partial charge on any atom is -0.496 e. The normalized spacial score (nSPS) is 12.2. The molecule has 0 aliphatic rings. The Labute approximate surface area is 243 Å². The highest BCUT2D eigenvalue weighted by Crippen LogP contribution is 2.30. The van der Waals surface area contributed by atoms with E-state index in [1.807, 2.05) is 6.92 Å². The number of anilines is 1. The molecule has 0 aliphatic heterocycles. The standard InChI is InChI=1S/C29H36FN7O5/c1-9-17-18(20(30)10-11-24(17)40-7)13-31-27-32-14-19(23-12-21(26(38)41-8)35-36(23)6)25-34-22(15-37(25)27)16(2)33-28(39)42-29(3,4)5/h10-12,14-16H,9,13H2,1-8H3,(H,31,32)(H,33,39). The van der Waals surface area contributed by atoms with Gasteiger partial charge in [-0.05, 0) is 52.3 Å². The van der Waals surface area contributed by atoms with E-state index in [9.17, 15) is 14.0 Å². The maximum atomic E-state index is 14.9. The van der Waals surface area contributed by atoms with E-state index >= 15 is 0 Å². The van der Waals surface area contributed by atoms with Crippen LogP contribution in [0.15, 0.2) is 30.6 Å². The third-order valence-electron chi connectivity index (χ3n) is 6.56. The van der Waals surface area contributed by atoms with Crippen molar-refractivity contribution < 1.29 is 28.2 Å². The number of benzene rings is 1. The van der Waals surface area contributed by atoms with Gasteiger partial charge in [0.25, 0.3) is 0 Å². The molecule has 12 nitrogen and oxygen atoms in total. The lowest BCUT2D eigenvalue weighted by Crippen LogP contribution is -2.34. The lowest BCUT2D eigenvalue weighted by molar-refractivity contribution is 0.0506. The molecule has 3 heterocycles. The maximum absolute atomic E-state index is 14.9. The second-order valence-corrected chi connectivity index (χ2v) is 10.7. The average Bonchev–Trinajstić information content (AvgIpc) is 3.55. The number of hydrogen-bond acceptors (Lipinski definition) is 9. The molecule has 1 amide bonds. The summed E-state index contributed by atoms with van der Waals surface area (Å²) in [5.41, 5.74) is 2.81. The van der Waals surface area contributed by atoms with Crippen LogP contribution in [0.25, 0.3) is 16.9 Å². The van der Waals surface area contributed by atoms with Gasteiger partial charge in [-0.25, -0.2) is 23.9 Å². The Balaban J connectivity index is 1.78. The van der Waals surface area contributed by atoms with Gasteiger partial charge in [0.2, 0.25) is 5.95 Å². The van der Waals surface area contributed by atoms with E-state index in [2.05, 4.69) is 20.7 Å². The molecule has 0 spiro atoms. The fraction of sp³-hybridized carbons (Fsp3) is 0.414. The van der Waals surface area contributed by atoms with E-state index < -0.39 is 23.7 Å². The number of ether oxygens (including phenoxy) is 3. The first-order valence-electron chi connectivity index (χ1n) is 13.4. The van der Waals surface area contributed by atoms with Crippen LogP contribution in [0.5, 0.6) is 5.75 Å². The van der Waals surface area contributed by atoms with Crippen LogP contribution >= 0.6 is 0 Å². The number of rotatable bonds is 9. The molecule has 1 unspecified atom stereocenters. The topological polar surface area (TPSA) is 134 Å². The number of hydrogen-bond donors (Lipinski definition) is 2. The van der Waals surface area contributed by atoms with Gasteiger partial charge in [-0.15, -0.1) is 0 Å². The van der Waals surface area contributed by atoms with Gasteiger partial charge in [-0.3, -0.25) is 9.08 Å². The van der Waals surface area contributed by atoms with Crippen molar-refractivity contribution >= 4 is 23.7 Å². The number of alkyl carbamates (subject to hydrolysis) is 1. The zero-order valence-electron chi connectivity index (χ0n) is 25.0. The van der Waals surface area contributed by atoms with Crippen molar-refractivity contribution in [2.45, 2.75) is 59.2 Å². The van der Waals surface area contributed by atoms with Crippen molar-refractivity contribution in [3.63, 3.8) is 0 Å². The fourth-order valence-electron chi connectivity index (χ4n) is 4.58. The number of esters is 1. The Bertz CT molecular complexity index is 1620. The smallest absolute Gasteiger partial charge is 0.408 e. The summed E-state index contributed by atoms with van der Waals surface area (Å²) in [5.74, 6) is 0.0513. The first-order valence-corrected chi connectivity index (χ1v) is 13.4. The molecular formula is C29H36FN7O5. The number of aromatic nitrogens is 5. The van der Waals surface area contributed by atoms with Gasteiger partial charge in [0.1, 0.15) is 17.2 Å². The number of aryl methyl sites for hydroxylation is 1. The highest BCUT2D eigenvalue weighted by molar-refractivity contribution is 5.89. The van der Waals surface area contributed by atoms with Gasteiger partial charge in [0.15, 0.2) is 11.3 Å². The van der Waals surface area contributed by atoms with Crippen molar-refractivity contribution in [1.29, 1.82) is 0 Å². The van der Waals surface area contributed by atoms with Gasteiger partial charge in [-0.2, -0.15) is 5.10 Å². The van der Waals surface area contributed by atoms with Gasteiger partial charge in [0, 0.05) is 37.1 Å². The molecule has 1 atom stereocenters. The lowest BCUT2D eigenvalue weighted by atomic mass is 10.0. The molecule has 0 saturated heterocycles. The van der Waals surface area contributed by atoms with Gasteiger partial charge in [-0.1, -0.05) is 6.92 Å². The first kappa shape index (κ1) is 30.3. The fourth-order valence-corrected chi connectivity index (χ4v) is 4.58. The zero-order valence-corrected chi connectivity index (χ0v) is 25.0. The van der Waals surface area contributed by atoms with Crippen molar-refractivity contribution in [1.82, 2.24) is 29.5 Å². The van der Waals surface area contributed by atoms with E-state index in [0.717, 1.165) is 5.56 Å². The number of imidazole rings is 1. The molecule has 0 radical (unpaired) electrons. The van der Waals surface area contributed by atoms with Crippen molar-refractivity contribution in [3.05, 3.63) is 58.9 Å². The second-order valence-electron chi connectivity index (χ2n) is 10.7. The van der Waals surface area contributed by atoms with Crippen LogP contribution in [0.1, 0.15) is 68.0 Å². The predicted octanol–water partition coefficient (Wildman–Crippen LogP) is 4.82. The summed E-state index contributed by atoms with van der Waals surface area (Å²) in [6.45, 7) is 9.19. The number of halogens is 1. The third kappa shape index (κ3) is 6.29. The molecule has 2 N–H and O–H groups in total. The molecule has 0 bridgehead atoms. The van der Waals surface area contributed by atoms with Crippen LogP contribution in [0.4, 0.5) is 15.1 Å². The average molecular weight is 582 g/mol. The summed E-state index contributed by atoms with van der Waals surface area (Å²) in [6.07, 6.45) is 3.32. The Morgan fingerprint density at radius 3 is 2.55 bits per heavy atom. The molecule has 4 aromatic rings. The van der Waals surface area contributed by atoms with Gasteiger partial charge < -0.3 is 24.8 Å². The molecule has 1 aromatic carbocycles. The van der Waals surface area contributed by atoms with Crippen LogP contribution < -0.4 is 15.4 Å². The highest BCUT2D eigenvalue weighted by Gasteiger charge is 2.23. The highest BCUT2D eigenvalue weighted by atomic mass is 19.1. The van der Waals surface area contributed by atoms with E-state index in [-0.39, 0.29) is 18.1 Å². The first-order chi connectivity index (χ1) is 19.9. The van der Waals surface area contributed by atoms with Crippen molar-refractivity contribution in [2.75, 3.05) is 19.5 Å². The maximum Gasteiger partial charge on any atom is 0.408 e. The summed E-state index contributed by atoms with van der Waals surface area (Å²) in [4.78, 5) is 34.0. The number of carbonyl (C=O) groups is 2. The number of methoxy groups -OCH3 is 2. The van der Waals surface area contributed by atoms with Crippen LogP contribution in [-0.2, 0) is 29.5 Å². The third-order valence-corrected chi connectivity index (χ3v) is 6.56. The van der Waals surface area contributed by atoms with Crippen LogP contribution in [-0.4, -0.2) is 56.0 Å². The van der Waals surface area contributed by atoms with E-state index in [1.165, 1.54) is 17.9 Å². The Morgan fingerprint density at radius 1 is 1.17 bits per heavy atom. The largest absolute Gasteiger partial charge is 0.496 e. The number of carbonyl (C=O) groups excluding carboxylic acids is 2. The van der Waals surface area contributed by atoms with Crippen molar-refractivity contribution in [3.8, 4) is 17.0 Å². The molecular weight excluding hydrogens is 545 g/mol. The number of nitrogens with one attached hydrogen (secondary N) is 2. The Hall–Kier alpha value is -4.68. The molecule has 42 heavy (non-hydrogen) atoms. The van der Waals surface area contributed by atoms with E-state index in [0.29, 0.717) is 46.3 Å². The van der Waals surface area contributed by atoms with Crippen LogP contribution in [0, 0.1) is 5.82 Å². The molecule has 13 heteroatoms. The van der Waals surface area contributed by atoms with Gasteiger partial charge >= 0.3 is 12.1 Å². The summed E-state index contributed by atoms with van der Waals surface area (Å²) in [5, 5.41) is 10.3. The van der Waals surface area contributed by atoms with E-state index in [1.54, 1.807) is 70.8 Å². The quantitative estimate of drug-likeness (QED) is 0.267. The minimum atomic E-state index is -0.666. The monoisotopic (exact) mass is 581 g/mol. The molecule has 0 fully saturated rings.